The Labute approximate surface area is 343 Å². The molecule has 276 valence electrons. The minimum atomic E-state index is 0.635. The third-order valence-electron chi connectivity index (χ3n) is 11.7. The molecule has 0 unspecified atom stereocenters. The van der Waals surface area contributed by atoms with Crippen LogP contribution in [0.1, 0.15) is 5.56 Å². The van der Waals surface area contributed by atoms with Crippen molar-refractivity contribution in [3.05, 3.63) is 188 Å². The van der Waals surface area contributed by atoms with E-state index in [2.05, 4.69) is 159 Å². The van der Waals surface area contributed by atoms with Gasteiger partial charge in [-0.05, 0) is 87.3 Å². The van der Waals surface area contributed by atoms with E-state index >= 15 is 0 Å². The normalized spacial score (nSPS) is 11.8. The Kier molecular flexibility index (Phi) is 7.59. The molecule has 59 heavy (non-hydrogen) atoms. The van der Waals surface area contributed by atoms with Gasteiger partial charge in [0.1, 0.15) is 11.2 Å². The van der Waals surface area contributed by atoms with E-state index in [0.717, 1.165) is 49.8 Å². The largest absolute Gasteiger partial charge is 0.456 e. The summed E-state index contributed by atoms with van der Waals surface area (Å²) in [4.78, 5) is 15.1. The lowest BCUT2D eigenvalue weighted by atomic mass is 9.87. The van der Waals surface area contributed by atoms with Gasteiger partial charge >= 0.3 is 0 Å². The maximum absolute atomic E-state index is 6.57. The molecule has 3 heterocycles. The van der Waals surface area contributed by atoms with Crippen LogP contribution in [-0.2, 0) is 0 Å². The number of rotatable bonds is 5. The molecule has 0 amide bonds. The highest BCUT2D eigenvalue weighted by atomic mass is 32.1. The maximum Gasteiger partial charge on any atom is 0.164 e. The Balaban J connectivity index is 0.984. The van der Waals surface area contributed by atoms with Crippen LogP contribution in [-0.4, -0.2) is 15.0 Å². The summed E-state index contributed by atoms with van der Waals surface area (Å²) < 4.78 is 9.05. The van der Waals surface area contributed by atoms with Gasteiger partial charge in [0.25, 0.3) is 0 Å². The standard InChI is InChI=1S/C54H33N3OS/c1-32-39-16-8-9-18-42(39)50-43(49(32)34-12-4-2-5-13-34)27-29-46-51(50)44-30-37(25-28-45(44)58-46)33-20-22-36(23-21-33)53-55-52(35-14-6-3-7-15-35)56-54(57-53)38-24-26-41-40-17-10-11-19-47(40)59-48(41)31-38/h2-31H,1H3. The second-order valence-electron chi connectivity index (χ2n) is 15.1. The molecule has 3 aromatic heterocycles. The molecule has 0 saturated heterocycles. The smallest absolute Gasteiger partial charge is 0.164 e. The van der Waals surface area contributed by atoms with Crippen molar-refractivity contribution in [1.29, 1.82) is 0 Å². The molecule has 0 radical (unpaired) electrons. The molecule has 0 aliphatic rings. The summed E-state index contributed by atoms with van der Waals surface area (Å²) in [7, 11) is 0. The molecule has 0 spiro atoms. The number of fused-ring (bicyclic) bond motifs is 10. The first-order chi connectivity index (χ1) is 29.1. The molecule has 0 aliphatic carbocycles. The first-order valence-corrected chi connectivity index (χ1v) is 20.7. The Bertz CT molecular complexity index is 3610. The predicted molar refractivity (Wildman–Crippen MR) is 247 cm³/mol. The van der Waals surface area contributed by atoms with Crippen molar-refractivity contribution in [3.8, 4) is 56.4 Å². The Morgan fingerprint density at radius 1 is 0.356 bits per heavy atom. The van der Waals surface area contributed by atoms with E-state index in [9.17, 15) is 0 Å². The number of aromatic nitrogens is 3. The van der Waals surface area contributed by atoms with E-state index in [-0.39, 0.29) is 0 Å². The Morgan fingerprint density at radius 3 is 1.66 bits per heavy atom. The summed E-state index contributed by atoms with van der Waals surface area (Å²) >= 11 is 1.80. The van der Waals surface area contributed by atoms with E-state index in [1.165, 1.54) is 58.4 Å². The van der Waals surface area contributed by atoms with Gasteiger partial charge in [-0.1, -0.05) is 146 Å². The number of nitrogens with zero attached hydrogens (tertiary/aromatic N) is 3. The van der Waals surface area contributed by atoms with Crippen molar-refractivity contribution >= 4 is 75.0 Å². The van der Waals surface area contributed by atoms with Gasteiger partial charge in [-0.15, -0.1) is 11.3 Å². The van der Waals surface area contributed by atoms with Gasteiger partial charge in [0, 0.05) is 53.0 Å². The number of hydrogen-bond donors (Lipinski definition) is 0. The minimum absolute atomic E-state index is 0.635. The Hall–Kier alpha value is -7.47. The van der Waals surface area contributed by atoms with E-state index in [0.29, 0.717) is 17.5 Å². The van der Waals surface area contributed by atoms with Crippen LogP contribution in [0.25, 0.3) is 120 Å². The van der Waals surface area contributed by atoms with E-state index < -0.39 is 0 Å². The average molecular weight is 772 g/mol. The zero-order chi connectivity index (χ0) is 39.0. The van der Waals surface area contributed by atoms with Crippen molar-refractivity contribution < 1.29 is 4.42 Å². The van der Waals surface area contributed by atoms with E-state index in [1.54, 1.807) is 11.3 Å². The first kappa shape index (κ1) is 33.6. The lowest BCUT2D eigenvalue weighted by molar-refractivity contribution is 0.669. The van der Waals surface area contributed by atoms with Crippen LogP contribution in [0.2, 0.25) is 0 Å². The van der Waals surface area contributed by atoms with Crippen LogP contribution in [0.4, 0.5) is 0 Å². The van der Waals surface area contributed by atoms with Gasteiger partial charge < -0.3 is 4.42 Å². The van der Waals surface area contributed by atoms with Crippen LogP contribution in [0.5, 0.6) is 0 Å². The summed E-state index contributed by atoms with van der Waals surface area (Å²) in [5.74, 6) is 1.93. The van der Waals surface area contributed by atoms with Crippen molar-refractivity contribution in [1.82, 2.24) is 15.0 Å². The molecule has 0 aliphatic heterocycles. The van der Waals surface area contributed by atoms with Gasteiger partial charge in [0.05, 0.1) is 0 Å². The maximum atomic E-state index is 6.57. The molecule has 4 nitrogen and oxygen atoms in total. The number of thiophene rings is 1. The zero-order valence-corrected chi connectivity index (χ0v) is 32.8. The monoisotopic (exact) mass is 771 g/mol. The third kappa shape index (κ3) is 5.47. The molecule has 0 atom stereocenters. The second-order valence-corrected chi connectivity index (χ2v) is 16.2. The molecule has 0 fully saturated rings. The zero-order valence-electron chi connectivity index (χ0n) is 32.0. The van der Waals surface area contributed by atoms with Gasteiger partial charge in [-0.3, -0.25) is 0 Å². The highest BCUT2D eigenvalue weighted by Crippen LogP contribution is 2.45. The van der Waals surface area contributed by atoms with Crippen LogP contribution < -0.4 is 0 Å². The van der Waals surface area contributed by atoms with Gasteiger partial charge in [-0.25, -0.2) is 15.0 Å². The second kappa shape index (κ2) is 13.3. The predicted octanol–water partition coefficient (Wildman–Crippen LogP) is 15.1. The van der Waals surface area contributed by atoms with Crippen LogP contribution in [0.3, 0.4) is 0 Å². The molecular weight excluding hydrogens is 739 g/mol. The van der Waals surface area contributed by atoms with Gasteiger partial charge in [-0.2, -0.15) is 0 Å². The first-order valence-electron chi connectivity index (χ1n) is 19.8. The number of hydrogen-bond acceptors (Lipinski definition) is 5. The van der Waals surface area contributed by atoms with Crippen LogP contribution >= 0.6 is 11.3 Å². The van der Waals surface area contributed by atoms with Gasteiger partial charge in [0.15, 0.2) is 17.5 Å². The topological polar surface area (TPSA) is 51.8 Å². The summed E-state index contributed by atoms with van der Waals surface area (Å²) in [6.07, 6.45) is 0. The van der Waals surface area contributed by atoms with Crippen molar-refractivity contribution in [2.24, 2.45) is 0 Å². The highest BCUT2D eigenvalue weighted by molar-refractivity contribution is 7.25. The van der Waals surface area contributed by atoms with Crippen molar-refractivity contribution in [2.75, 3.05) is 0 Å². The summed E-state index contributed by atoms with van der Waals surface area (Å²) in [5, 5.41) is 9.71. The van der Waals surface area contributed by atoms with E-state index in [4.69, 9.17) is 19.4 Å². The molecule has 0 saturated carbocycles. The lowest BCUT2D eigenvalue weighted by Crippen LogP contribution is -2.00. The highest BCUT2D eigenvalue weighted by Gasteiger charge is 2.20. The van der Waals surface area contributed by atoms with E-state index in [1.807, 2.05) is 30.3 Å². The molecule has 0 bridgehead atoms. The third-order valence-corrected chi connectivity index (χ3v) is 12.9. The van der Waals surface area contributed by atoms with Crippen LogP contribution in [0, 0.1) is 6.92 Å². The molecular formula is C54H33N3OS. The van der Waals surface area contributed by atoms with Crippen molar-refractivity contribution in [2.45, 2.75) is 6.92 Å². The number of aryl methyl sites for hydroxylation is 1. The molecule has 12 rings (SSSR count). The summed E-state index contributed by atoms with van der Waals surface area (Å²) in [6, 6.07) is 64.2. The van der Waals surface area contributed by atoms with Crippen molar-refractivity contribution in [3.63, 3.8) is 0 Å². The number of furan rings is 1. The fraction of sp³-hybridized carbons (Fsp3) is 0.0185. The average Bonchev–Trinajstić information content (AvgIpc) is 3.87. The molecule has 0 N–H and O–H groups in total. The van der Waals surface area contributed by atoms with Gasteiger partial charge in [0.2, 0.25) is 0 Å². The fourth-order valence-corrected chi connectivity index (χ4v) is 10.1. The SMILES string of the molecule is Cc1c(-c2ccccc2)c2ccc3oc4ccc(-c5ccc(-c6nc(-c7ccccc7)nc(-c7ccc8c(c7)sc7ccccc78)n6)cc5)cc4c3c2c2ccccc12. The quantitative estimate of drug-likeness (QED) is 0.164. The Morgan fingerprint density at radius 2 is 0.898 bits per heavy atom. The minimum Gasteiger partial charge on any atom is -0.456 e. The molecule has 5 heteroatoms. The lowest BCUT2D eigenvalue weighted by Gasteiger charge is -2.16. The molecule has 12 aromatic rings. The number of benzene rings is 9. The van der Waals surface area contributed by atoms with Crippen LogP contribution in [0.15, 0.2) is 186 Å². The summed E-state index contributed by atoms with van der Waals surface area (Å²) in [5.41, 5.74) is 10.6. The summed E-state index contributed by atoms with van der Waals surface area (Å²) in [6.45, 7) is 2.25. The fourth-order valence-electron chi connectivity index (χ4n) is 8.91. The molecule has 9 aromatic carbocycles.